The van der Waals surface area contributed by atoms with E-state index in [4.69, 9.17) is 0 Å². The lowest BCUT2D eigenvalue weighted by molar-refractivity contribution is -0.123. The minimum absolute atomic E-state index is 0.0201. The number of hydrogen-bond donors (Lipinski definition) is 1. The van der Waals surface area contributed by atoms with Gasteiger partial charge in [0.2, 0.25) is 0 Å². The minimum Gasteiger partial charge on any atom is -0.317 e. The van der Waals surface area contributed by atoms with Gasteiger partial charge in [0.15, 0.2) is 0 Å². The van der Waals surface area contributed by atoms with Crippen molar-refractivity contribution in [3.05, 3.63) is 0 Å². The van der Waals surface area contributed by atoms with E-state index in [9.17, 15) is 13.2 Å². The molecule has 15 heavy (non-hydrogen) atoms. The quantitative estimate of drug-likeness (QED) is 0.745. The molecule has 1 rings (SSSR count). The molecule has 1 aliphatic rings. The van der Waals surface area contributed by atoms with Crippen molar-refractivity contribution < 1.29 is 13.2 Å². The summed E-state index contributed by atoms with van der Waals surface area (Å²) in [5.74, 6) is 0.352. The molecular weight excluding hydrogens is 214 g/mol. The van der Waals surface area contributed by atoms with Gasteiger partial charge in [0.05, 0.1) is 5.75 Å². The van der Waals surface area contributed by atoms with Crippen LogP contribution in [0.25, 0.3) is 0 Å². The fraction of sp³-hybridized carbons (Fsp3) is 0.900. The fourth-order valence-corrected chi connectivity index (χ4v) is 2.55. The van der Waals surface area contributed by atoms with Crippen LogP contribution >= 0.6 is 0 Å². The number of sulfone groups is 1. The van der Waals surface area contributed by atoms with E-state index >= 15 is 0 Å². The molecule has 88 valence electrons. The molecule has 0 radical (unpaired) electrons. The molecule has 0 aromatic carbocycles. The lowest BCUT2D eigenvalue weighted by atomic mass is 9.92. The highest BCUT2D eigenvalue weighted by molar-refractivity contribution is 7.91. The van der Waals surface area contributed by atoms with E-state index in [0.29, 0.717) is 0 Å². The van der Waals surface area contributed by atoms with Crippen LogP contribution in [0.2, 0.25) is 0 Å². The molecule has 1 fully saturated rings. The number of carbonyl (C=O) groups is 1. The smallest absolute Gasteiger partial charge is 0.150 e. The van der Waals surface area contributed by atoms with Gasteiger partial charge in [-0.2, -0.15) is 0 Å². The van der Waals surface area contributed by atoms with E-state index < -0.39 is 9.84 Å². The van der Waals surface area contributed by atoms with Gasteiger partial charge < -0.3 is 5.32 Å². The van der Waals surface area contributed by atoms with Crippen LogP contribution in [0, 0.1) is 5.92 Å². The average Bonchev–Trinajstić information content (AvgIpc) is 2.27. The summed E-state index contributed by atoms with van der Waals surface area (Å²) in [7, 11) is -2.99. The molecule has 0 aliphatic carbocycles. The van der Waals surface area contributed by atoms with Gasteiger partial charge in [-0.05, 0) is 25.9 Å². The second kappa shape index (κ2) is 5.61. The van der Waals surface area contributed by atoms with Gasteiger partial charge in [-0.25, -0.2) is 8.42 Å². The van der Waals surface area contributed by atoms with Crippen molar-refractivity contribution in [2.24, 2.45) is 5.92 Å². The molecule has 0 bridgehead atoms. The monoisotopic (exact) mass is 233 g/mol. The van der Waals surface area contributed by atoms with Crippen molar-refractivity contribution in [3.63, 3.8) is 0 Å². The molecule has 1 N–H and O–H groups in total. The van der Waals surface area contributed by atoms with Crippen LogP contribution in [0.15, 0.2) is 0 Å². The Labute approximate surface area is 91.4 Å². The summed E-state index contributed by atoms with van der Waals surface area (Å²) >= 11 is 0. The van der Waals surface area contributed by atoms with Crippen LogP contribution in [0.1, 0.15) is 26.2 Å². The lowest BCUT2D eigenvalue weighted by Crippen LogP contribution is -2.32. The Morgan fingerprint density at radius 2 is 1.93 bits per heavy atom. The van der Waals surface area contributed by atoms with Gasteiger partial charge in [0.1, 0.15) is 15.6 Å². The molecule has 0 atom stereocenters. The standard InChI is InChI=1S/C10H19NO3S/c1-2-15(13,14)8-5-10(12)9-3-6-11-7-4-9/h9,11H,2-8H2,1H3. The van der Waals surface area contributed by atoms with Gasteiger partial charge in [-0.1, -0.05) is 6.92 Å². The van der Waals surface area contributed by atoms with Crippen LogP contribution in [-0.4, -0.2) is 38.8 Å². The first-order chi connectivity index (χ1) is 7.05. The maximum atomic E-state index is 11.7. The van der Waals surface area contributed by atoms with Gasteiger partial charge in [0.25, 0.3) is 0 Å². The number of piperidine rings is 1. The summed E-state index contributed by atoms with van der Waals surface area (Å²) in [6, 6.07) is 0. The Morgan fingerprint density at radius 1 is 1.33 bits per heavy atom. The summed E-state index contributed by atoms with van der Waals surface area (Å²) < 4.78 is 22.4. The van der Waals surface area contributed by atoms with Crippen molar-refractivity contribution in [1.29, 1.82) is 0 Å². The average molecular weight is 233 g/mol. The Morgan fingerprint density at radius 3 is 2.47 bits per heavy atom. The maximum Gasteiger partial charge on any atom is 0.150 e. The van der Waals surface area contributed by atoms with Crippen molar-refractivity contribution in [3.8, 4) is 0 Å². The van der Waals surface area contributed by atoms with E-state index in [1.54, 1.807) is 6.92 Å². The molecule has 4 nitrogen and oxygen atoms in total. The summed E-state index contributed by atoms with van der Waals surface area (Å²) in [6.07, 6.45) is 1.90. The Bertz CT molecular complexity index is 305. The molecule has 1 heterocycles. The summed E-state index contributed by atoms with van der Waals surface area (Å²) in [4.78, 5) is 11.7. The first kappa shape index (κ1) is 12.6. The molecule has 1 saturated heterocycles. The molecule has 0 spiro atoms. The minimum atomic E-state index is -2.99. The van der Waals surface area contributed by atoms with E-state index in [2.05, 4.69) is 5.32 Å². The normalized spacial score (nSPS) is 19.0. The third-order valence-corrected chi connectivity index (χ3v) is 4.60. The largest absolute Gasteiger partial charge is 0.317 e. The number of hydrogen-bond acceptors (Lipinski definition) is 4. The number of nitrogens with one attached hydrogen (secondary N) is 1. The zero-order valence-electron chi connectivity index (χ0n) is 9.16. The predicted molar refractivity (Wildman–Crippen MR) is 59.5 cm³/mol. The second-order valence-corrected chi connectivity index (χ2v) is 6.45. The van der Waals surface area contributed by atoms with Crippen LogP contribution in [-0.2, 0) is 14.6 Å². The Kier molecular flexibility index (Phi) is 4.73. The third-order valence-electron chi connectivity index (χ3n) is 2.89. The van der Waals surface area contributed by atoms with E-state index in [1.165, 1.54) is 0 Å². The summed E-state index contributed by atoms with van der Waals surface area (Å²) in [5, 5.41) is 3.18. The topological polar surface area (TPSA) is 63.2 Å². The molecule has 0 unspecified atom stereocenters. The van der Waals surface area contributed by atoms with Gasteiger partial charge in [-0.3, -0.25) is 4.79 Å². The Balaban J connectivity index is 2.35. The molecule has 0 amide bonds. The van der Waals surface area contributed by atoms with Gasteiger partial charge >= 0.3 is 0 Å². The third kappa shape index (κ3) is 4.30. The van der Waals surface area contributed by atoms with E-state index in [-0.39, 0.29) is 29.6 Å². The number of Topliss-reactive ketones (excluding diaryl/α,β-unsaturated/α-hetero) is 1. The highest BCUT2D eigenvalue weighted by Crippen LogP contribution is 2.15. The maximum absolute atomic E-state index is 11.7. The van der Waals surface area contributed by atoms with Crippen molar-refractivity contribution in [2.75, 3.05) is 24.6 Å². The first-order valence-electron chi connectivity index (χ1n) is 5.49. The van der Waals surface area contributed by atoms with E-state index in [1.807, 2.05) is 0 Å². The van der Waals surface area contributed by atoms with Gasteiger partial charge in [-0.15, -0.1) is 0 Å². The lowest BCUT2D eigenvalue weighted by Gasteiger charge is -2.21. The molecule has 5 heteroatoms. The molecule has 0 aromatic heterocycles. The second-order valence-electron chi connectivity index (χ2n) is 3.98. The van der Waals surface area contributed by atoms with E-state index in [0.717, 1.165) is 25.9 Å². The van der Waals surface area contributed by atoms with Crippen LogP contribution < -0.4 is 5.32 Å². The van der Waals surface area contributed by atoms with Crippen LogP contribution in [0.3, 0.4) is 0 Å². The number of rotatable bonds is 5. The highest BCUT2D eigenvalue weighted by atomic mass is 32.2. The zero-order valence-corrected chi connectivity index (χ0v) is 9.98. The molecule has 1 aliphatic heterocycles. The van der Waals surface area contributed by atoms with Crippen molar-refractivity contribution in [2.45, 2.75) is 26.2 Å². The van der Waals surface area contributed by atoms with Gasteiger partial charge in [0, 0.05) is 18.1 Å². The number of ketones is 1. The molecule has 0 aromatic rings. The van der Waals surface area contributed by atoms with Crippen molar-refractivity contribution in [1.82, 2.24) is 5.32 Å². The highest BCUT2D eigenvalue weighted by Gasteiger charge is 2.22. The Hall–Kier alpha value is -0.420. The summed E-state index contributed by atoms with van der Waals surface area (Å²) in [5.41, 5.74) is 0. The fourth-order valence-electron chi connectivity index (χ4n) is 1.75. The zero-order chi connectivity index (χ0) is 11.3. The SMILES string of the molecule is CCS(=O)(=O)CCC(=O)C1CCNCC1. The van der Waals surface area contributed by atoms with Crippen molar-refractivity contribution >= 4 is 15.6 Å². The molecular formula is C10H19NO3S. The van der Waals surface area contributed by atoms with Crippen LogP contribution in [0.4, 0.5) is 0 Å². The van der Waals surface area contributed by atoms with Crippen LogP contribution in [0.5, 0.6) is 0 Å². The molecule has 0 saturated carbocycles. The summed E-state index contributed by atoms with van der Waals surface area (Å²) in [6.45, 7) is 3.36. The first-order valence-corrected chi connectivity index (χ1v) is 7.31. The predicted octanol–water partition coefficient (Wildman–Crippen LogP) is 0.380. The number of carbonyl (C=O) groups excluding carboxylic acids is 1.